The molecule has 76 valence electrons. The number of hydrogen-bond donors (Lipinski definition) is 0. The summed E-state index contributed by atoms with van der Waals surface area (Å²) in [5.74, 6) is 0. The van der Waals surface area contributed by atoms with Gasteiger partial charge in [0.05, 0.1) is 5.25 Å². The first-order chi connectivity index (χ1) is 5.85. The van der Waals surface area contributed by atoms with Gasteiger partial charge in [0.15, 0.2) is 24.3 Å². The molecule has 3 atom stereocenters. The van der Waals surface area contributed by atoms with Gasteiger partial charge in [-0.3, -0.25) is 0 Å². The molecule has 0 unspecified atom stereocenters. The lowest BCUT2D eigenvalue weighted by Crippen LogP contribution is -2.60. The smallest absolute Gasteiger partial charge is 0.190 e. The lowest BCUT2D eigenvalue weighted by atomic mass is 10.2. The Hall–Kier alpha value is -0.140. The molecular weight excluding hydrogens is 216 g/mol. The monoisotopic (exact) mass is 226 g/mol. The molecule has 0 bridgehead atoms. The van der Waals surface area contributed by atoms with Gasteiger partial charge in [-0.2, -0.15) is 0 Å². The third kappa shape index (κ3) is 1.14. The predicted molar refractivity (Wildman–Crippen MR) is 45.7 cm³/mol. The average Bonchev–Trinajstić information content (AvgIpc) is 2.28. The highest BCUT2D eigenvalue weighted by atomic mass is 32.3. The second-order valence-electron chi connectivity index (χ2n) is 3.45. The predicted octanol–water partition coefficient (Wildman–Crippen LogP) is -1.06. The van der Waals surface area contributed by atoms with Gasteiger partial charge in [0, 0.05) is 12.9 Å². The van der Waals surface area contributed by atoms with Crippen molar-refractivity contribution >= 4 is 19.7 Å². The van der Waals surface area contributed by atoms with E-state index in [1.807, 2.05) is 0 Å². The SMILES string of the molecule is CS(=O)(=O)[C@@H]1[C@@H]2OCC[C@H]2S1(=O)=O. The normalized spacial score (nSPS) is 42.4. The molecule has 0 aromatic heterocycles. The van der Waals surface area contributed by atoms with Crippen LogP contribution in [0.25, 0.3) is 0 Å². The molecule has 0 saturated carbocycles. The van der Waals surface area contributed by atoms with Gasteiger partial charge in [-0.05, 0) is 6.42 Å². The van der Waals surface area contributed by atoms with E-state index < -0.39 is 35.6 Å². The second kappa shape index (κ2) is 2.46. The fourth-order valence-corrected chi connectivity index (χ4v) is 6.93. The van der Waals surface area contributed by atoms with E-state index in [2.05, 4.69) is 0 Å². The molecule has 0 amide bonds. The van der Waals surface area contributed by atoms with Crippen LogP contribution in [-0.2, 0) is 24.4 Å². The Morgan fingerprint density at radius 1 is 1.38 bits per heavy atom. The summed E-state index contributed by atoms with van der Waals surface area (Å²) >= 11 is 0. The quantitative estimate of drug-likeness (QED) is 0.569. The van der Waals surface area contributed by atoms with Crippen molar-refractivity contribution in [3.63, 3.8) is 0 Å². The molecule has 2 aliphatic heterocycles. The van der Waals surface area contributed by atoms with E-state index in [0.717, 1.165) is 6.26 Å². The lowest BCUT2D eigenvalue weighted by Gasteiger charge is -2.36. The Morgan fingerprint density at radius 2 is 2.00 bits per heavy atom. The first-order valence-electron chi connectivity index (χ1n) is 3.88. The van der Waals surface area contributed by atoms with Crippen LogP contribution in [0.4, 0.5) is 0 Å². The van der Waals surface area contributed by atoms with Crippen LogP contribution in [0.1, 0.15) is 6.42 Å². The summed E-state index contributed by atoms with van der Waals surface area (Å²) in [5, 5.41) is -0.577. The highest BCUT2D eigenvalue weighted by Gasteiger charge is 2.63. The first-order valence-corrected chi connectivity index (χ1v) is 7.45. The Kier molecular flexibility index (Phi) is 1.78. The van der Waals surface area contributed by atoms with E-state index in [-0.39, 0.29) is 0 Å². The number of rotatable bonds is 1. The van der Waals surface area contributed by atoms with Gasteiger partial charge in [-0.25, -0.2) is 16.8 Å². The van der Waals surface area contributed by atoms with Crippen LogP contribution in [0.2, 0.25) is 0 Å². The molecule has 0 radical (unpaired) electrons. The zero-order chi connectivity index (χ0) is 9.85. The maximum atomic E-state index is 11.4. The molecule has 7 heteroatoms. The number of sulfone groups is 2. The van der Waals surface area contributed by atoms with Crippen molar-refractivity contribution in [1.82, 2.24) is 0 Å². The second-order valence-corrected chi connectivity index (χ2v) is 8.21. The summed E-state index contributed by atoms with van der Waals surface area (Å²) in [4.78, 5) is 0. The van der Waals surface area contributed by atoms with Crippen LogP contribution in [-0.4, -0.2) is 45.6 Å². The van der Waals surface area contributed by atoms with Gasteiger partial charge in [0.1, 0.15) is 6.10 Å². The van der Waals surface area contributed by atoms with Crippen LogP contribution in [0, 0.1) is 0 Å². The summed E-state index contributed by atoms with van der Waals surface area (Å²) in [6.45, 7) is 0.348. The molecule has 5 nitrogen and oxygen atoms in total. The average molecular weight is 226 g/mol. The number of hydrogen-bond acceptors (Lipinski definition) is 5. The minimum absolute atomic E-state index is 0.348. The standard InChI is InChI=1S/C6H10O5S2/c1-12(7,8)6-5-4(2-3-11-5)13(6,9)10/h4-6H,2-3H2,1H3/t4-,5-,6+/m1/s1. The molecule has 2 rings (SSSR count). The van der Waals surface area contributed by atoms with E-state index >= 15 is 0 Å². The summed E-state index contributed by atoms with van der Waals surface area (Å²) < 4.78 is 48.8. The van der Waals surface area contributed by atoms with Gasteiger partial charge >= 0.3 is 0 Å². The largest absolute Gasteiger partial charge is 0.374 e. The van der Waals surface area contributed by atoms with Crippen molar-refractivity contribution in [2.45, 2.75) is 22.4 Å². The molecule has 2 heterocycles. The summed E-state index contributed by atoms with van der Waals surface area (Å²) in [5.41, 5.74) is 0. The molecule has 2 saturated heterocycles. The third-order valence-electron chi connectivity index (χ3n) is 2.52. The Balaban J connectivity index is 2.43. The third-order valence-corrected chi connectivity index (χ3v) is 7.74. The molecule has 0 aromatic carbocycles. The topological polar surface area (TPSA) is 77.5 Å². The Bertz CT molecular complexity index is 420. The van der Waals surface area contributed by atoms with Crippen LogP contribution >= 0.6 is 0 Å². The minimum atomic E-state index is -3.54. The fourth-order valence-electron chi connectivity index (χ4n) is 1.95. The first kappa shape index (κ1) is 9.42. The maximum Gasteiger partial charge on any atom is 0.190 e. The summed E-state index contributed by atoms with van der Waals surface area (Å²) in [6, 6.07) is 0. The van der Waals surface area contributed by atoms with Crippen LogP contribution < -0.4 is 0 Å². The number of fused-ring (bicyclic) bond motifs is 1. The van der Waals surface area contributed by atoms with Gasteiger partial charge < -0.3 is 4.74 Å². The molecular formula is C6H10O5S2. The molecule has 2 fully saturated rings. The molecule has 0 N–H and O–H groups in total. The van der Waals surface area contributed by atoms with E-state index in [9.17, 15) is 16.8 Å². The molecule has 2 aliphatic rings. The number of ether oxygens (including phenoxy) is 1. The zero-order valence-electron chi connectivity index (χ0n) is 7.00. The fraction of sp³-hybridized carbons (Fsp3) is 1.00. The van der Waals surface area contributed by atoms with E-state index in [0.29, 0.717) is 13.0 Å². The van der Waals surface area contributed by atoms with E-state index in [4.69, 9.17) is 4.74 Å². The van der Waals surface area contributed by atoms with Crippen molar-refractivity contribution in [2.75, 3.05) is 12.9 Å². The maximum absolute atomic E-state index is 11.4. The van der Waals surface area contributed by atoms with E-state index in [1.165, 1.54) is 0 Å². The van der Waals surface area contributed by atoms with Crippen LogP contribution in [0.15, 0.2) is 0 Å². The Labute approximate surface area is 76.9 Å². The molecule has 0 spiro atoms. The molecule has 13 heavy (non-hydrogen) atoms. The van der Waals surface area contributed by atoms with Crippen molar-refractivity contribution < 1.29 is 21.6 Å². The van der Waals surface area contributed by atoms with Crippen molar-refractivity contribution in [3.05, 3.63) is 0 Å². The highest BCUT2D eigenvalue weighted by Crippen LogP contribution is 2.41. The van der Waals surface area contributed by atoms with Crippen molar-refractivity contribution in [3.8, 4) is 0 Å². The van der Waals surface area contributed by atoms with Gasteiger partial charge in [0.25, 0.3) is 0 Å². The van der Waals surface area contributed by atoms with Crippen molar-refractivity contribution in [2.24, 2.45) is 0 Å². The minimum Gasteiger partial charge on any atom is -0.374 e. The summed E-state index contributed by atoms with van der Waals surface area (Å²) in [6.07, 6.45) is 0.756. The van der Waals surface area contributed by atoms with Gasteiger partial charge in [-0.15, -0.1) is 0 Å². The molecule has 0 aromatic rings. The Morgan fingerprint density at radius 3 is 2.54 bits per heavy atom. The van der Waals surface area contributed by atoms with Crippen LogP contribution in [0.5, 0.6) is 0 Å². The zero-order valence-corrected chi connectivity index (χ0v) is 8.64. The molecule has 0 aliphatic carbocycles. The van der Waals surface area contributed by atoms with Gasteiger partial charge in [-0.1, -0.05) is 0 Å². The van der Waals surface area contributed by atoms with E-state index in [1.54, 1.807) is 0 Å². The summed E-state index contributed by atoms with van der Waals surface area (Å²) in [7, 11) is -7.01. The van der Waals surface area contributed by atoms with Crippen molar-refractivity contribution in [1.29, 1.82) is 0 Å². The highest BCUT2D eigenvalue weighted by molar-refractivity contribution is 8.10. The van der Waals surface area contributed by atoms with Gasteiger partial charge in [0.2, 0.25) is 0 Å². The lowest BCUT2D eigenvalue weighted by molar-refractivity contribution is 0.111. The van der Waals surface area contributed by atoms with Crippen LogP contribution in [0.3, 0.4) is 0 Å².